The Labute approximate surface area is 75.7 Å². The topological polar surface area (TPSA) is 21.3 Å². The minimum Gasteiger partial charge on any atom is -0.383 e. The molecule has 1 fully saturated rings. The predicted octanol–water partition coefficient (Wildman–Crippen LogP) is 1.94. The van der Waals surface area contributed by atoms with Gasteiger partial charge in [0, 0.05) is 18.7 Å². The van der Waals surface area contributed by atoms with Crippen LogP contribution in [0.4, 0.5) is 0 Å². The third-order valence-electron chi connectivity index (χ3n) is 2.72. The molecule has 1 saturated carbocycles. The molecule has 0 aromatic rings. The lowest BCUT2D eigenvalue weighted by atomic mass is 10.00. The van der Waals surface area contributed by atoms with Gasteiger partial charge in [0.05, 0.1) is 6.61 Å². The Kier molecular flexibility index (Phi) is 3.53. The van der Waals surface area contributed by atoms with Crippen LogP contribution >= 0.6 is 0 Å². The summed E-state index contributed by atoms with van der Waals surface area (Å²) in [6.45, 7) is 5.33. The molecular formula is C10H21NO. The summed E-state index contributed by atoms with van der Waals surface area (Å²) in [5.41, 5.74) is 0.387. The van der Waals surface area contributed by atoms with Crippen molar-refractivity contribution >= 4 is 0 Å². The molecule has 0 radical (unpaired) electrons. The lowest BCUT2D eigenvalue weighted by Crippen LogP contribution is -2.46. The second-order valence-corrected chi connectivity index (χ2v) is 4.27. The van der Waals surface area contributed by atoms with E-state index in [1.807, 2.05) is 0 Å². The van der Waals surface area contributed by atoms with Crippen LogP contribution in [0.3, 0.4) is 0 Å². The predicted molar refractivity (Wildman–Crippen MR) is 51.3 cm³/mol. The third-order valence-corrected chi connectivity index (χ3v) is 2.72. The van der Waals surface area contributed by atoms with Crippen LogP contribution in [0.25, 0.3) is 0 Å². The fourth-order valence-electron chi connectivity index (χ4n) is 2.19. The Hall–Kier alpha value is -0.0800. The summed E-state index contributed by atoms with van der Waals surface area (Å²) in [4.78, 5) is 0. The fraction of sp³-hybridized carbons (Fsp3) is 1.00. The molecule has 12 heavy (non-hydrogen) atoms. The SMILES string of the molecule is COCC(C)NC1(C)CCCC1. The van der Waals surface area contributed by atoms with E-state index in [1.165, 1.54) is 25.7 Å². The molecule has 0 aromatic carbocycles. The number of ether oxygens (including phenoxy) is 1. The van der Waals surface area contributed by atoms with Gasteiger partial charge in [0.25, 0.3) is 0 Å². The molecule has 1 aliphatic rings. The molecule has 0 bridgehead atoms. The lowest BCUT2D eigenvalue weighted by molar-refractivity contribution is 0.154. The largest absolute Gasteiger partial charge is 0.383 e. The van der Waals surface area contributed by atoms with Crippen molar-refractivity contribution in [1.29, 1.82) is 0 Å². The van der Waals surface area contributed by atoms with E-state index in [-0.39, 0.29) is 0 Å². The van der Waals surface area contributed by atoms with Gasteiger partial charge in [0.2, 0.25) is 0 Å². The van der Waals surface area contributed by atoms with Crippen molar-refractivity contribution in [1.82, 2.24) is 5.32 Å². The van der Waals surface area contributed by atoms with E-state index in [4.69, 9.17) is 4.74 Å². The lowest BCUT2D eigenvalue weighted by Gasteiger charge is -2.29. The summed E-state index contributed by atoms with van der Waals surface area (Å²) in [6, 6.07) is 0.484. The van der Waals surface area contributed by atoms with Crippen LogP contribution in [-0.4, -0.2) is 25.3 Å². The van der Waals surface area contributed by atoms with Gasteiger partial charge in [0.15, 0.2) is 0 Å². The maximum atomic E-state index is 5.10. The highest BCUT2D eigenvalue weighted by atomic mass is 16.5. The van der Waals surface area contributed by atoms with Gasteiger partial charge in [-0.25, -0.2) is 0 Å². The van der Waals surface area contributed by atoms with Gasteiger partial charge in [0.1, 0.15) is 0 Å². The fourth-order valence-corrected chi connectivity index (χ4v) is 2.19. The summed E-state index contributed by atoms with van der Waals surface area (Å²) < 4.78 is 5.10. The minimum atomic E-state index is 0.387. The molecular weight excluding hydrogens is 150 g/mol. The highest BCUT2D eigenvalue weighted by Gasteiger charge is 2.29. The van der Waals surface area contributed by atoms with Crippen molar-refractivity contribution in [2.75, 3.05) is 13.7 Å². The van der Waals surface area contributed by atoms with Gasteiger partial charge in [-0.3, -0.25) is 0 Å². The van der Waals surface area contributed by atoms with E-state index in [0.29, 0.717) is 11.6 Å². The number of nitrogens with one attached hydrogen (secondary N) is 1. The molecule has 0 saturated heterocycles. The van der Waals surface area contributed by atoms with E-state index in [2.05, 4.69) is 19.2 Å². The zero-order valence-corrected chi connectivity index (χ0v) is 8.52. The summed E-state index contributed by atoms with van der Waals surface area (Å²) in [5.74, 6) is 0. The Morgan fingerprint density at radius 1 is 1.42 bits per heavy atom. The smallest absolute Gasteiger partial charge is 0.0613 e. The van der Waals surface area contributed by atoms with Gasteiger partial charge in [-0.1, -0.05) is 12.8 Å². The molecule has 72 valence electrons. The van der Waals surface area contributed by atoms with Gasteiger partial charge in [-0.05, 0) is 26.7 Å². The van der Waals surface area contributed by atoms with E-state index in [0.717, 1.165) is 6.61 Å². The second kappa shape index (κ2) is 4.24. The molecule has 0 aromatic heterocycles. The Bertz CT molecular complexity index is 130. The molecule has 0 amide bonds. The van der Waals surface area contributed by atoms with Crippen LogP contribution in [0.1, 0.15) is 39.5 Å². The maximum absolute atomic E-state index is 5.10. The molecule has 1 unspecified atom stereocenters. The number of hydrogen-bond donors (Lipinski definition) is 1. The molecule has 0 spiro atoms. The summed E-state index contributed by atoms with van der Waals surface area (Å²) >= 11 is 0. The quantitative estimate of drug-likeness (QED) is 0.698. The van der Waals surface area contributed by atoms with Gasteiger partial charge in [-0.15, -0.1) is 0 Å². The molecule has 1 aliphatic carbocycles. The van der Waals surface area contributed by atoms with Gasteiger partial charge >= 0.3 is 0 Å². The van der Waals surface area contributed by atoms with E-state index < -0.39 is 0 Å². The first kappa shape index (κ1) is 10.0. The van der Waals surface area contributed by atoms with Crippen LogP contribution in [-0.2, 0) is 4.74 Å². The van der Waals surface area contributed by atoms with Gasteiger partial charge < -0.3 is 10.1 Å². The molecule has 2 heteroatoms. The first-order valence-electron chi connectivity index (χ1n) is 4.93. The van der Waals surface area contributed by atoms with E-state index in [1.54, 1.807) is 7.11 Å². The average molecular weight is 171 g/mol. The monoisotopic (exact) mass is 171 g/mol. The normalized spacial score (nSPS) is 24.2. The minimum absolute atomic E-state index is 0.387. The van der Waals surface area contributed by atoms with Crippen LogP contribution < -0.4 is 5.32 Å². The maximum Gasteiger partial charge on any atom is 0.0613 e. The Balaban J connectivity index is 2.28. The molecule has 1 N–H and O–H groups in total. The highest BCUT2D eigenvalue weighted by molar-refractivity contribution is 4.89. The van der Waals surface area contributed by atoms with Crippen molar-refractivity contribution in [3.8, 4) is 0 Å². The first-order chi connectivity index (χ1) is 5.66. The average Bonchev–Trinajstić information content (AvgIpc) is 2.36. The highest BCUT2D eigenvalue weighted by Crippen LogP contribution is 2.29. The van der Waals surface area contributed by atoms with Crippen molar-refractivity contribution in [3.05, 3.63) is 0 Å². The third kappa shape index (κ3) is 2.76. The Morgan fingerprint density at radius 3 is 2.50 bits per heavy atom. The van der Waals surface area contributed by atoms with Crippen LogP contribution in [0.15, 0.2) is 0 Å². The summed E-state index contributed by atoms with van der Waals surface area (Å²) in [5, 5.41) is 3.63. The molecule has 0 aliphatic heterocycles. The van der Waals surface area contributed by atoms with E-state index >= 15 is 0 Å². The van der Waals surface area contributed by atoms with E-state index in [9.17, 15) is 0 Å². The number of rotatable bonds is 4. The molecule has 0 heterocycles. The molecule has 1 atom stereocenters. The summed E-state index contributed by atoms with van der Waals surface area (Å²) in [6.07, 6.45) is 5.40. The first-order valence-corrected chi connectivity index (χ1v) is 4.93. The van der Waals surface area contributed by atoms with Gasteiger partial charge in [-0.2, -0.15) is 0 Å². The zero-order chi connectivity index (χ0) is 9.03. The van der Waals surface area contributed by atoms with Crippen LogP contribution in [0.2, 0.25) is 0 Å². The van der Waals surface area contributed by atoms with Crippen LogP contribution in [0, 0.1) is 0 Å². The zero-order valence-electron chi connectivity index (χ0n) is 8.52. The summed E-state index contributed by atoms with van der Waals surface area (Å²) in [7, 11) is 1.76. The van der Waals surface area contributed by atoms with Crippen molar-refractivity contribution < 1.29 is 4.74 Å². The second-order valence-electron chi connectivity index (χ2n) is 4.27. The molecule has 2 nitrogen and oxygen atoms in total. The Morgan fingerprint density at radius 2 is 2.00 bits per heavy atom. The van der Waals surface area contributed by atoms with Crippen LogP contribution in [0.5, 0.6) is 0 Å². The number of methoxy groups -OCH3 is 1. The van der Waals surface area contributed by atoms with Crippen molar-refractivity contribution in [2.24, 2.45) is 0 Å². The van der Waals surface area contributed by atoms with Crippen molar-refractivity contribution in [2.45, 2.75) is 51.1 Å². The standard InChI is InChI=1S/C10H21NO/c1-9(8-12-3)11-10(2)6-4-5-7-10/h9,11H,4-8H2,1-3H3. The number of hydrogen-bond acceptors (Lipinski definition) is 2. The molecule has 1 rings (SSSR count). The van der Waals surface area contributed by atoms with Crippen molar-refractivity contribution in [3.63, 3.8) is 0 Å².